The summed E-state index contributed by atoms with van der Waals surface area (Å²) in [5.74, 6) is -1.38. The predicted octanol–water partition coefficient (Wildman–Crippen LogP) is 2.54. The van der Waals surface area contributed by atoms with Gasteiger partial charge in [0, 0.05) is 16.5 Å². The van der Waals surface area contributed by atoms with E-state index in [0.717, 1.165) is 24.2 Å². The molecule has 1 rings (SSSR count). The smallest absolute Gasteiger partial charge is 0.242 e. The molecule has 2 N–H and O–H groups in total. The fourth-order valence-corrected chi connectivity index (χ4v) is 2.53. The fraction of sp³-hybridized carbons (Fsp3) is 0.471. The van der Waals surface area contributed by atoms with Crippen LogP contribution in [0.4, 0.5) is 4.39 Å². The van der Waals surface area contributed by atoms with Gasteiger partial charge < -0.3 is 10.6 Å². The lowest BCUT2D eigenvalue weighted by molar-refractivity contribution is -0.127. The number of hydrogen-bond acceptors (Lipinski definition) is 4. The maximum atomic E-state index is 13.9. The van der Waals surface area contributed by atoms with E-state index in [9.17, 15) is 18.8 Å². The van der Waals surface area contributed by atoms with E-state index in [1.54, 1.807) is 6.92 Å². The van der Waals surface area contributed by atoms with Crippen LogP contribution in [0.15, 0.2) is 23.1 Å². The van der Waals surface area contributed by atoms with Gasteiger partial charge >= 0.3 is 0 Å². The van der Waals surface area contributed by atoms with E-state index in [4.69, 9.17) is 0 Å². The molecule has 0 aliphatic heterocycles. The van der Waals surface area contributed by atoms with Crippen LogP contribution in [0.25, 0.3) is 0 Å². The first kappa shape index (κ1) is 20.2. The van der Waals surface area contributed by atoms with Crippen LogP contribution in [-0.2, 0) is 9.59 Å². The van der Waals surface area contributed by atoms with Gasteiger partial charge in [-0.15, -0.1) is 11.8 Å². The molecule has 0 saturated heterocycles. The first-order valence-electron chi connectivity index (χ1n) is 7.77. The van der Waals surface area contributed by atoms with Crippen LogP contribution in [0.2, 0.25) is 0 Å². The summed E-state index contributed by atoms with van der Waals surface area (Å²) in [4.78, 5) is 35.2. The minimum atomic E-state index is -0.656. The number of carbonyl (C=O) groups excluding carboxylic acids is 3. The number of nitrogens with one attached hydrogen (secondary N) is 2. The monoisotopic (exact) mass is 354 g/mol. The quantitative estimate of drug-likeness (QED) is 0.556. The van der Waals surface area contributed by atoms with Crippen molar-refractivity contribution in [2.45, 2.75) is 51.1 Å². The molecule has 2 amide bonds. The predicted molar refractivity (Wildman–Crippen MR) is 92.6 cm³/mol. The van der Waals surface area contributed by atoms with Crippen LogP contribution in [0.3, 0.4) is 0 Å². The Morgan fingerprint density at radius 3 is 2.42 bits per heavy atom. The first-order chi connectivity index (χ1) is 11.2. The molecule has 0 heterocycles. The molecule has 0 aliphatic carbocycles. The standard InChI is InChI=1S/C17H23FN2O3S/c1-5-10(2)19-17(23)11(3)20-16(22)9-24-15-7-6-13(12(4)21)8-14(15)18/h6-8,10-11H,5,9H2,1-4H3,(H,19,23)(H,20,22)/t10-,11+/m0/s1. The summed E-state index contributed by atoms with van der Waals surface area (Å²) in [5, 5.41) is 5.36. The number of hydrogen-bond donors (Lipinski definition) is 2. The second-order valence-electron chi connectivity index (χ2n) is 5.60. The molecule has 0 aromatic heterocycles. The fourth-order valence-electron chi connectivity index (χ4n) is 1.80. The number of carbonyl (C=O) groups is 3. The number of rotatable bonds is 8. The average Bonchev–Trinajstić information content (AvgIpc) is 2.53. The molecular formula is C17H23FN2O3S. The largest absolute Gasteiger partial charge is 0.352 e. The number of benzene rings is 1. The van der Waals surface area contributed by atoms with Crippen molar-refractivity contribution in [2.24, 2.45) is 0 Å². The van der Waals surface area contributed by atoms with Crippen LogP contribution in [0.1, 0.15) is 44.5 Å². The molecule has 1 aromatic carbocycles. The van der Waals surface area contributed by atoms with Crippen LogP contribution in [-0.4, -0.2) is 35.4 Å². The van der Waals surface area contributed by atoms with Crippen molar-refractivity contribution in [1.29, 1.82) is 0 Å². The summed E-state index contributed by atoms with van der Waals surface area (Å²) in [6, 6.07) is 3.54. The number of Topliss-reactive ketones (excluding diaryl/α,β-unsaturated/α-hetero) is 1. The molecule has 0 radical (unpaired) electrons. The maximum Gasteiger partial charge on any atom is 0.242 e. The maximum absolute atomic E-state index is 13.9. The van der Waals surface area contributed by atoms with Crippen molar-refractivity contribution in [1.82, 2.24) is 10.6 Å². The topological polar surface area (TPSA) is 75.3 Å². The van der Waals surface area contributed by atoms with E-state index in [0.29, 0.717) is 0 Å². The SMILES string of the molecule is CC[C@H](C)NC(=O)[C@@H](C)NC(=O)CSc1ccc(C(C)=O)cc1F. The summed E-state index contributed by atoms with van der Waals surface area (Å²) < 4.78 is 13.9. The van der Waals surface area contributed by atoms with Crippen molar-refractivity contribution < 1.29 is 18.8 Å². The average molecular weight is 354 g/mol. The highest BCUT2D eigenvalue weighted by molar-refractivity contribution is 8.00. The molecule has 0 spiro atoms. The van der Waals surface area contributed by atoms with Crippen molar-refractivity contribution in [3.63, 3.8) is 0 Å². The normalized spacial score (nSPS) is 13.0. The molecule has 0 bridgehead atoms. The molecule has 2 atom stereocenters. The number of thioether (sulfide) groups is 1. The summed E-state index contributed by atoms with van der Waals surface area (Å²) in [5.41, 5.74) is 0.289. The molecule has 132 valence electrons. The molecule has 0 saturated carbocycles. The summed E-state index contributed by atoms with van der Waals surface area (Å²) in [6.45, 7) is 6.80. The van der Waals surface area contributed by atoms with Crippen molar-refractivity contribution >= 4 is 29.4 Å². The first-order valence-corrected chi connectivity index (χ1v) is 8.76. The van der Waals surface area contributed by atoms with Crippen molar-refractivity contribution in [3.8, 4) is 0 Å². The van der Waals surface area contributed by atoms with Crippen LogP contribution < -0.4 is 10.6 Å². The summed E-state index contributed by atoms with van der Waals surface area (Å²) in [7, 11) is 0. The van der Waals surface area contributed by atoms with Gasteiger partial charge in [0.25, 0.3) is 0 Å². The van der Waals surface area contributed by atoms with E-state index < -0.39 is 11.9 Å². The highest BCUT2D eigenvalue weighted by Gasteiger charge is 2.17. The molecule has 0 fully saturated rings. The Hall–Kier alpha value is -1.89. The Kier molecular flexibility index (Phi) is 7.91. The summed E-state index contributed by atoms with van der Waals surface area (Å²) in [6.07, 6.45) is 0.803. The zero-order chi connectivity index (χ0) is 18.3. The van der Waals surface area contributed by atoms with Gasteiger partial charge in [-0.25, -0.2) is 4.39 Å². The Bertz CT molecular complexity index is 622. The molecular weight excluding hydrogens is 331 g/mol. The van der Waals surface area contributed by atoms with E-state index in [2.05, 4.69) is 10.6 Å². The van der Waals surface area contributed by atoms with Crippen molar-refractivity contribution in [3.05, 3.63) is 29.6 Å². The van der Waals surface area contributed by atoms with Crippen LogP contribution in [0, 0.1) is 5.82 Å². The second kappa shape index (κ2) is 9.42. The van der Waals surface area contributed by atoms with Crippen LogP contribution >= 0.6 is 11.8 Å². The molecule has 24 heavy (non-hydrogen) atoms. The molecule has 0 aliphatic rings. The molecule has 1 aromatic rings. The second-order valence-corrected chi connectivity index (χ2v) is 6.61. The van der Waals surface area contributed by atoms with Gasteiger partial charge in [-0.1, -0.05) is 13.0 Å². The van der Waals surface area contributed by atoms with Gasteiger partial charge in [0.2, 0.25) is 11.8 Å². The Balaban J connectivity index is 2.51. The Morgan fingerprint density at radius 1 is 1.21 bits per heavy atom. The van der Waals surface area contributed by atoms with E-state index in [-0.39, 0.29) is 39.9 Å². The van der Waals surface area contributed by atoms with Gasteiger partial charge in [0.1, 0.15) is 11.9 Å². The van der Waals surface area contributed by atoms with Gasteiger partial charge in [-0.05, 0) is 39.3 Å². The lowest BCUT2D eigenvalue weighted by atomic mass is 10.1. The zero-order valence-electron chi connectivity index (χ0n) is 14.3. The van der Waals surface area contributed by atoms with E-state index in [1.807, 2.05) is 13.8 Å². The third-order valence-corrected chi connectivity index (χ3v) is 4.52. The minimum absolute atomic E-state index is 0.0166. The highest BCUT2D eigenvalue weighted by Crippen LogP contribution is 2.22. The lowest BCUT2D eigenvalue weighted by Crippen LogP contribution is -2.47. The summed E-state index contributed by atoms with van der Waals surface area (Å²) >= 11 is 1.02. The van der Waals surface area contributed by atoms with E-state index in [1.165, 1.54) is 19.1 Å². The van der Waals surface area contributed by atoms with Gasteiger partial charge in [-0.3, -0.25) is 14.4 Å². The number of ketones is 1. The van der Waals surface area contributed by atoms with Gasteiger partial charge in [0.05, 0.1) is 5.75 Å². The number of halogens is 1. The van der Waals surface area contributed by atoms with Gasteiger partial charge in [0.15, 0.2) is 5.78 Å². The van der Waals surface area contributed by atoms with E-state index >= 15 is 0 Å². The minimum Gasteiger partial charge on any atom is -0.352 e. The highest BCUT2D eigenvalue weighted by atomic mass is 32.2. The molecule has 7 heteroatoms. The zero-order valence-corrected chi connectivity index (χ0v) is 15.1. The molecule has 0 unspecified atom stereocenters. The van der Waals surface area contributed by atoms with Crippen molar-refractivity contribution in [2.75, 3.05) is 5.75 Å². The number of amides is 2. The third-order valence-electron chi connectivity index (χ3n) is 3.47. The Labute approximate surface area is 145 Å². The molecule has 5 nitrogen and oxygen atoms in total. The third kappa shape index (κ3) is 6.31. The lowest BCUT2D eigenvalue weighted by Gasteiger charge is -2.17. The van der Waals surface area contributed by atoms with Crippen LogP contribution in [0.5, 0.6) is 0 Å². The van der Waals surface area contributed by atoms with Gasteiger partial charge in [-0.2, -0.15) is 0 Å². The Morgan fingerprint density at radius 2 is 1.88 bits per heavy atom.